The van der Waals surface area contributed by atoms with Crippen LogP contribution in [0.2, 0.25) is 0 Å². The number of nitrogens with zero attached hydrogens (tertiary/aromatic N) is 3. The SMILES string of the molecule is N#CC1(NC(=O)c2cnn(-c3ccccc3)c2)CCCC1. The molecule has 1 aromatic carbocycles. The van der Waals surface area contributed by atoms with E-state index in [1.807, 2.05) is 30.3 Å². The van der Waals surface area contributed by atoms with Gasteiger partial charge in [0.05, 0.1) is 23.5 Å². The van der Waals surface area contributed by atoms with E-state index in [4.69, 9.17) is 0 Å². The summed E-state index contributed by atoms with van der Waals surface area (Å²) in [6, 6.07) is 11.9. The van der Waals surface area contributed by atoms with Crippen LogP contribution >= 0.6 is 0 Å². The summed E-state index contributed by atoms with van der Waals surface area (Å²) in [6.45, 7) is 0. The molecule has 0 atom stereocenters. The zero-order chi connectivity index (χ0) is 14.7. The van der Waals surface area contributed by atoms with Gasteiger partial charge in [-0.1, -0.05) is 18.2 Å². The van der Waals surface area contributed by atoms with Crippen LogP contribution in [0.1, 0.15) is 36.0 Å². The zero-order valence-corrected chi connectivity index (χ0v) is 11.6. The lowest BCUT2D eigenvalue weighted by Crippen LogP contribution is -2.45. The molecule has 0 saturated heterocycles. The normalized spacial score (nSPS) is 16.3. The number of para-hydroxylation sites is 1. The van der Waals surface area contributed by atoms with E-state index in [-0.39, 0.29) is 5.91 Å². The van der Waals surface area contributed by atoms with Crippen molar-refractivity contribution in [3.63, 3.8) is 0 Å². The minimum Gasteiger partial charge on any atom is -0.334 e. The van der Waals surface area contributed by atoms with E-state index in [9.17, 15) is 10.1 Å². The summed E-state index contributed by atoms with van der Waals surface area (Å²) in [7, 11) is 0. The molecule has 0 radical (unpaired) electrons. The van der Waals surface area contributed by atoms with Crippen LogP contribution in [0.5, 0.6) is 0 Å². The molecule has 5 heteroatoms. The van der Waals surface area contributed by atoms with E-state index in [2.05, 4.69) is 16.5 Å². The molecule has 0 unspecified atom stereocenters. The van der Waals surface area contributed by atoms with Gasteiger partial charge >= 0.3 is 0 Å². The first-order valence-electron chi connectivity index (χ1n) is 7.06. The topological polar surface area (TPSA) is 70.7 Å². The fourth-order valence-electron chi connectivity index (χ4n) is 2.69. The maximum Gasteiger partial charge on any atom is 0.255 e. The Hall–Kier alpha value is -2.61. The molecule has 106 valence electrons. The number of aromatic nitrogens is 2. The van der Waals surface area contributed by atoms with Gasteiger partial charge in [0.2, 0.25) is 0 Å². The van der Waals surface area contributed by atoms with Crippen LogP contribution in [0, 0.1) is 11.3 Å². The molecule has 1 fully saturated rings. The molecule has 2 aromatic rings. The maximum atomic E-state index is 12.3. The number of carbonyl (C=O) groups excluding carboxylic acids is 1. The highest BCUT2D eigenvalue weighted by Crippen LogP contribution is 2.29. The van der Waals surface area contributed by atoms with Crippen LogP contribution < -0.4 is 5.32 Å². The van der Waals surface area contributed by atoms with Crippen molar-refractivity contribution in [1.29, 1.82) is 5.26 Å². The number of hydrogen-bond acceptors (Lipinski definition) is 3. The van der Waals surface area contributed by atoms with Gasteiger partial charge < -0.3 is 5.32 Å². The van der Waals surface area contributed by atoms with E-state index in [0.717, 1.165) is 31.4 Å². The Balaban J connectivity index is 1.77. The Bertz CT molecular complexity index is 678. The highest BCUT2D eigenvalue weighted by molar-refractivity contribution is 5.94. The number of amides is 1. The average molecular weight is 280 g/mol. The lowest BCUT2D eigenvalue weighted by molar-refractivity contribution is 0.0920. The monoisotopic (exact) mass is 280 g/mol. The Morgan fingerprint density at radius 3 is 2.67 bits per heavy atom. The summed E-state index contributed by atoms with van der Waals surface area (Å²) in [5.74, 6) is -0.236. The van der Waals surface area contributed by atoms with Crippen LogP contribution in [0.15, 0.2) is 42.7 Å². The lowest BCUT2D eigenvalue weighted by Gasteiger charge is -2.21. The summed E-state index contributed by atoms with van der Waals surface area (Å²) in [5, 5.41) is 16.4. The quantitative estimate of drug-likeness (QED) is 0.938. The number of nitriles is 1. The molecule has 21 heavy (non-hydrogen) atoms. The van der Waals surface area contributed by atoms with Crippen LogP contribution in [-0.4, -0.2) is 21.2 Å². The smallest absolute Gasteiger partial charge is 0.255 e. The lowest BCUT2D eigenvalue weighted by atomic mass is 9.99. The predicted molar refractivity (Wildman–Crippen MR) is 77.8 cm³/mol. The minimum absolute atomic E-state index is 0.236. The fraction of sp³-hybridized carbons (Fsp3) is 0.312. The molecule has 0 spiro atoms. The molecular formula is C16H16N4O. The summed E-state index contributed by atoms with van der Waals surface area (Å²) in [6.07, 6.45) is 6.63. The van der Waals surface area contributed by atoms with Crippen LogP contribution in [-0.2, 0) is 0 Å². The molecule has 3 rings (SSSR count). The average Bonchev–Trinajstić information content (AvgIpc) is 3.18. The van der Waals surface area contributed by atoms with Gasteiger partial charge in [-0.2, -0.15) is 10.4 Å². The van der Waals surface area contributed by atoms with Crippen molar-refractivity contribution in [2.75, 3.05) is 0 Å². The van der Waals surface area contributed by atoms with Gasteiger partial charge in [-0.25, -0.2) is 4.68 Å². The van der Waals surface area contributed by atoms with Crippen molar-refractivity contribution in [3.05, 3.63) is 48.3 Å². The Morgan fingerprint density at radius 1 is 1.29 bits per heavy atom. The summed E-state index contributed by atoms with van der Waals surface area (Å²) in [4.78, 5) is 12.3. The number of rotatable bonds is 3. The molecule has 1 aromatic heterocycles. The first-order chi connectivity index (χ1) is 10.2. The Kier molecular flexibility index (Phi) is 3.44. The van der Waals surface area contributed by atoms with Crippen molar-refractivity contribution >= 4 is 5.91 Å². The highest BCUT2D eigenvalue weighted by atomic mass is 16.1. The standard InChI is InChI=1S/C16H16N4O/c17-12-16(8-4-5-9-16)19-15(21)13-10-18-20(11-13)14-6-2-1-3-7-14/h1-3,6-7,10-11H,4-5,8-9H2,(H,19,21). The second kappa shape index (κ2) is 5.41. The maximum absolute atomic E-state index is 12.3. The molecular weight excluding hydrogens is 264 g/mol. The van der Waals surface area contributed by atoms with Crippen molar-refractivity contribution in [2.24, 2.45) is 0 Å². The zero-order valence-electron chi connectivity index (χ0n) is 11.6. The molecule has 0 bridgehead atoms. The Morgan fingerprint density at radius 2 is 2.00 bits per heavy atom. The molecule has 1 saturated carbocycles. The largest absolute Gasteiger partial charge is 0.334 e. The summed E-state index contributed by atoms with van der Waals surface area (Å²) in [5.41, 5.74) is 0.666. The van der Waals surface area contributed by atoms with Crippen molar-refractivity contribution in [3.8, 4) is 11.8 Å². The van der Waals surface area contributed by atoms with Gasteiger partial charge in [0.15, 0.2) is 0 Å². The third kappa shape index (κ3) is 2.65. The minimum atomic E-state index is -0.702. The third-order valence-electron chi connectivity index (χ3n) is 3.89. The molecule has 1 amide bonds. The van der Waals surface area contributed by atoms with Gasteiger partial charge in [-0.05, 0) is 37.8 Å². The van der Waals surface area contributed by atoms with Gasteiger partial charge in [-0.3, -0.25) is 4.79 Å². The first-order valence-corrected chi connectivity index (χ1v) is 7.06. The van der Waals surface area contributed by atoms with E-state index >= 15 is 0 Å². The molecule has 0 aliphatic heterocycles. The predicted octanol–water partition coefficient (Wildman–Crippen LogP) is 2.44. The molecule has 1 aliphatic carbocycles. The van der Waals surface area contributed by atoms with Crippen LogP contribution in [0.3, 0.4) is 0 Å². The van der Waals surface area contributed by atoms with E-state index in [0.29, 0.717) is 5.56 Å². The number of hydrogen-bond donors (Lipinski definition) is 1. The highest BCUT2D eigenvalue weighted by Gasteiger charge is 2.35. The van der Waals surface area contributed by atoms with Crippen LogP contribution in [0.25, 0.3) is 5.69 Å². The van der Waals surface area contributed by atoms with E-state index in [1.54, 1.807) is 10.9 Å². The van der Waals surface area contributed by atoms with Crippen LogP contribution in [0.4, 0.5) is 0 Å². The number of nitrogens with one attached hydrogen (secondary N) is 1. The number of carbonyl (C=O) groups is 1. The Labute approximate surface area is 123 Å². The molecule has 1 aliphatic rings. The van der Waals surface area contributed by atoms with Crippen molar-refractivity contribution in [2.45, 2.75) is 31.2 Å². The van der Waals surface area contributed by atoms with Gasteiger partial charge in [0, 0.05) is 6.20 Å². The second-order valence-electron chi connectivity index (χ2n) is 5.36. The van der Waals surface area contributed by atoms with E-state index < -0.39 is 5.54 Å². The summed E-state index contributed by atoms with van der Waals surface area (Å²) >= 11 is 0. The van der Waals surface area contributed by atoms with Gasteiger partial charge in [0.1, 0.15) is 5.54 Å². The van der Waals surface area contributed by atoms with E-state index in [1.165, 1.54) is 6.20 Å². The first kappa shape index (κ1) is 13.4. The van der Waals surface area contributed by atoms with Crippen molar-refractivity contribution < 1.29 is 4.79 Å². The second-order valence-corrected chi connectivity index (χ2v) is 5.36. The number of benzene rings is 1. The van der Waals surface area contributed by atoms with Gasteiger partial charge in [0.25, 0.3) is 5.91 Å². The molecule has 1 heterocycles. The third-order valence-corrected chi connectivity index (χ3v) is 3.89. The van der Waals surface area contributed by atoms with Crippen molar-refractivity contribution in [1.82, 2.24) is 15.1 Å². The fourth-order valence-corrected chi connectivity index (χ4v) is 2.69. The summed E-state index contributed by atoms with van der Waals surface area (Å²) < 4.78 is 1.66. The molecule has 1 N–H and O–H groups in total. The van der Waals surface area contributed by atoms with Gasteiger partial charge in [-0.15, -0.1) is 0 Å². The molecule has 5 nitrogen and oxygen atoms in total.